The summed E-state index contributed by atoms with van der Waals surface area (Å²) in [6.07, 6.45) is 0.171. The van der Waals surface area contributed by atoms with Gasteiger partial charge in [-0.25, -0.2) is 9.18 Å². The molecule has 1 aromatic rings. The first-order valence-electron chi connectivity index (χ1n) is 7.04. The predicted octanol–water partition coefficient (Wildman–Crippen LogP) is 3.76. The molecule has 5 heteroatoms. The highest BCUT2D eigenvalue weighted by molar-refractivity contribution is 5.86. The minimum absolute atomic E-state index is 0.120. The third-order valence-electron chi connectivity index (χ3n) is 3.90. The van der Waals surface area contributed by atoms with Crippen LogP contribution in [0, 0.1) is 11.2 Å². The normalized spacial score (nSPS) is 23.6. The van der Waals surface area contributed by atoms with Crippen LogP contribution in [-0.2, 0) is 10.3 Å². The van der Waals surface area contributed by atoms with Gasteiger partial charge in [0.1, 0.15) is 11.4 Å². The lowest BCUT2D eigenvalue weighted by molar-refractivity contribution is 0.0635. The number of halogens is 1. The molecule has 4 nitrogen and oxygen atoms in total. The Morgan fingerprint density at radius 2 is 1.95 bits per heavy atom. The highest BCUT2D eigenvalue weighted by Crippen LogP contribution is 2.61. The molecule has 0 spiro atoms. The number of amides is 1. The zero-order chi connectivity index (χ0) is 16.1. The van der Waals surface area contributed by atoms with Crippen molar-refractivity contribution in [2.24, 2.45) is 11.1 Å². The van der Waals surface area contributed by atoms with Crippen LogP contribution in [-0.4, -0.2) is 11.7 Å². The number of carbonyl (C=O) groups excluding carboxylic acids is 1. The molecule has 1 amide bonds. The minimum atomic E-state index is -0.626. The van der Waals surface area contributed by atoms with Crippen molar-refractivity contribution < 1.29 is 13.9 Å². The molecule has 0 heterocycles. The number of nitrogens with two attached hydrogens (primary N) is 1. The SMILES string of the molecule is CC(C)(C)OC(=O)Nc1ccc(F)cc1C1(N)CC1(C)C. The second kappa shape index (κ2) is 4.70. The van der Waals surface area contributed by atoms with E-state index in [9.17, 15) is 9.18 Å². The fourth-order valence-electron chi connectivity index (χ4n) is 2.52. The van der Waals surface area contributed by atoms with Crippen LogP contribution < -0.4 is 11.1 Å². The molecule has 1 atom stereocenters. The summed E-state index contributed by atoms with van der Waals surface area (Å²) in [4.78, 5) is 11.9. The molecule has 1 aliphatic carbocycles. The first-order valence-corrected chi connectivity index (χ1v) is 7.04. The van der Waals surface area contributed by atoms with Gasteiger partial charge in [-0.15, -0.1) is 0 Å². The first-order chi connectivity index (χ1) is 9.45. The van der Waals surface area contributed by atoms with Crippen molar-refractivity contribution in [3.05, 3.63) is 29.6 Å². The standard InChI is InChI=1S/C16H23FN2O2/c1-14(2,3)21-13(20)19-12-7-6-10(17)8-11(12)16(18)9-15(16,4)5/h6-8H,9,18H2,1-5H3,(H,19,20). The summed E-state index contributed by atoms with van der Waals surface area (Å²) in [6, 6.07) is 4.22. The Labute approximate surface area is 124 Å². The van der Waals surface area contributed by atoms with Gasteiger partial charge in [-0.3, -0.25) is 5.32 Å². The van der Waals surface area contributed by atoms with Crippen molar-refractivity contribution >= 4 is 11.8 Å². The fraction of sp³-hybridized carbons (Fsp3) is 0.562. The molecule has 2 rings (SSSR count). The van der Waals surface area contributed by atoms with Gasteiger partial charge in [0, 0.05) is 11.2 Å². The molecular formula is C16H23FN2O2. The lowest BCUT2D eigenvalue weighted by Crippen LogP contribution is -2.30. The van der Waals surface area contributed by atoms with Crippen LogP contribution >= 0.6 is 0 Å². The number of nitrogens with one attached hydrogen (secondary N) is 1. The van der Waals surface area contributed by atoms with Crippen molar-refractivity contribution in [3.8, 4) is 0 Å². The van der Waals surface area contributed by atoms with E-state index >= 15 is 0 Å². The Kier molecular flexibility index (Phi) is 3.53. The van der Waals surface area contributed by atoms with Gasteiger partial charge in [0.15, 0.2) is 0 Å². The summed E-state index contributed by atoms with van der Waals surface area (Å²) in [5.41, 5.74) is 6.13. The quantitative estimate of drug-likeness (QED) is 0.873. The van der Waals surface area contributed by atoms with Crippen molar-refractivity contribution in [1.29, 1.82) is 0 Å². The minimum Gasteiger partial charge on any atom is -0.444 e. The molecule has 0 aromatic heterocycles. The highest BCUT2D eigenvalue weighted by Gasteiger charge is 2.60. The van der Waals surface area contributed by atoms with Gasteiger partial charge in [-0.1, -0.05) is 13.8 Å². The van der Waals surface area contributed by atoms with E-state index in [1.807, 2.05) is 13.8 Å². The number of carbonyl (C=O) groups is 1. The second-order valence-electron chi connectivity index (χ2n) is 7.35. The first kappa shape index (κ1) is 15.8. The van der Waals surface area contributed by atoms with Crippen LogP contribution in [0.25, 0.3) is 0 Å². The summed E-state index contributed by atoms with van der Waals surface area (Å²) >= 11 is 0. The van der Waals surface area contributed by atoms with Crippen LogP contribution in [0.1, 0.15) is 46.6 Å². The monoisotopic (exact) mass is 294 g/mol. The maximum Gasteiger partial charge on any atom is 0.412 e. The fourth-order valence-corrected chi connectivity index (χ4v) is 2.52. The summed E-state index contributed by atoms with van der Waals surface area (Å²) in [5, 5.41) is 2.67. The molecule has 1 aromatic carbocycles. The van der Waals surface area contributed by atoms with Gasteiger partial charge in [0.25, 0.3) is 0 Å². The van der Waals surface area contributed by atoms with E-state index in [-0.39, 0.29) is 11.2 Å². The molecule has 21 heavy (non-hydrogen) atoms. The molecule has 1 unspecified atom stereocenters. The van der Waals surface area contributed by atoms with Gasteiger partial charge in [0.2, 0.25) is 0 Å². The third kappa shape index (κ3) is 3.18. The Morgan fingerprint density at radius 1 is 1.38 bits per heavy atom. The number of rotatable bonds is 2. The largest absolute Gasteiger partial charge is 0.444 e. The summed E-state index contributed by atoms with van der Waals surface area (Å²) in [6.45, 7) is 9.40. The predicted molar refractivity (Wildman–Crippen MR) is 80.5 cm³/mol. The summed E-state index contributed by atoms with van der Waals surface area (Å²) in [7, 11) is 0. The van der Waals surface area contributed by atoms with E-state index in [0.29, 0.717) is 11.3 Å². The Morgan fingerprint density at radius 3 is 2.43 bits per heavy atom. The molecule has 0 bridgehead atoms. The molecule has 0 aliphatic heterocycles. The zero-order valence-electron chi connectivity index (χ0n) is 13.2. The van der Waals surface area contributed by atoms with Crippen molar-refractivity contribution in [2.75, 3.05) is 5.32 Å². The molecule has 1 aliphatic rings. The Balaban J connectivity index is 2.27. The average molecular weight is 294 g/mol. The van der Waals surface area contributed by atoms with Crippen molar-refractivity contribution in [1.82, 2.24) is 0 Å². The van der Waals surface area contributed by atoms with E-state index in [0.717, 1.165) is 6.42 Å². The molecule has 116 valence electrons. The smallest absolute Gasteiger partial charge is 0.412 e. The van der Waals surface area contributed by atoms with Crippen LogP contribution in [0.3, 0.4) is 0 Å². The zero-order valence-corrected chi connectivity index (χ0v) is 13.2. The van der Waals surface area contributed by atoms with Gasteiger partial charge in [-0.05, 0) is 56.4 Å². The number of benzene rings is 1. The van der Waals surface area contributed by atoms with E-state index in [2.05, 4.69) is 5.32 Å². The van der Waals surface area contributed by atoms with Gasteiger partial charge >= 0.3 is 6.09 Å². The lowest BCUT2D eigenvalue weighted by atomic mass is 9.95. The lowest BCUT2D eigenvalue weighted by Gasteiger charge is -2.23. The molecular weight excluding hydrogens is 271 g/mol. The number of hydrogen-bond acceptors (Lipinski definition) is 3. The Hall–Kier alpha value is -1.62. The van der Waals surface area contributed by atoms with Gasteiger partial charge < -0.3 is 10.5 Å². The molecule has 0 saturated heterocycles. The van der Waals surface area contributed by atoms with E-state index < -0.39 is 17.2 Å². The maximum absolute atomic E-state index is 13.6. The van der Waals surface area contributed by atoms with Crippen LogP contribution in [0.4, 0.5) is 14.9 Å². The van der Waals surface area contributed by atoms with Crippen LogP contribution in [0.15, 0.2) is 18.2 Å². The highest BCUT2D eigenvalue weighted by atomic mass is 19.1. The second-order valence-corrected chi connectivity index (χ2v) is 7.35. The van der Waals surface area contributed by atoms with E-state index in [4.69, 9.17) is 10.5 Å². The van der Waals surface area contributed by atoms with Crippen molar-refractivity contribution in [3.63, 3.8) is 0 Å². The topological polar surface area (TPSA) is 64.3 Å². The van der Waals surface area contributed by atoms with Gasteiger partial charge in [0.05, 0.1) is 0 Å². The van der Waals surface area contributed by atoms with Crippen LogP contribution in [0.2, 0.25) is 0 Å². The molecule has 1 saturated carbocycles. The molecule has 1 fully saturated rings. The number of hydrogen-bond donors (Lipinski definition) is 2. The summed E-state index contributed by atoms with van der Waals surface area (Å²) in [5.74, 6) is -0.368. The third-order valence-corrected chi connectivity index (χ3v) is 3.90. The molecule has 0 radical (unpaired) electrons. The van der Waals surface area contributed by atoms with Crippen molar-refractivity contribution in [2.45, 2.75) is 52.2 Å². The number of anilines is 1. The van der Waals surface area contributed by atoms with Gasteiger partial charge in [-0.2, -0.15) is 0 Å². The summed E-state index contributed by atoms with van der Waals surface area (Å²) < 4.78 is 18.8. The maximum atomic E-state index is 13.6. The number of ether oxygens (including phenoxy) is 1. The van der Waals surface area contributed by atoms with E-state index in [1.165, 1.54) is 18.2 Å². The average Bonchev–Trinajstić information content (AvgIpc) is 2.79. The van der Waals surface area contributed by atoms with E-state index in [1.54, 1.807) is 20.8 Å². The Bertz CT molecular complexity index is 578. The molecule has 3 N–H and O–H groups in total. The van der Waals surface area contributed by atoms with Crippen LogP contribution in [0.5, 0.6) is 0 Å².